The van der Waals surface area contributed by atoms with Gasteiger partial charge in [-0.1, -0.05) is 24.3 Å². The van der Waals surface area contributed by atoms with Crippen molar-refractivity contribution in [2.45, 2.75) is 6.92 Å². The quantitative estimate of drug-likeness (QED) is 0.329. The maximum atomic E-state index is 12.8. The molecule has 0 radical (unpaired) electrons. The molecule has 2 aromatic carbocycles. The van der Waals surface area contributed by atoms with E-state index >= 15 is 0 Å². The van der Waals surface area contributed by atoms with E-state index in [1.165, 1.54) is 16.8 Å². The average Bonchev–Trinajstić information content (AvgIpc) is 3.35. The fourth-order valence-electron chi connectivity index (χ4n) is 3.59. The minimum absolute atomic E-state index is 0.0438. The number of hydrogen-bond donors (Lipinski definition) is 1. The number of thioether (sulfide) groups is 1. The Morgan fingerprint density at radius 3 is 2.62 bits per heavy atom. The molecule has 2 aliphatic heterocycles. The molecule has 0 unspecified atom stereocenters. The number of pyridine rings is 1. The zero-order valence-electron chi connectivity index (χ0n) is 20.0. The van der Waals surface area contributed by atoms with Crippen LogP contribution in [0.5, 0.6) is 17.2 Å². The van der Waals surface area contributed by atoms with E-state index in [4.69, 9.17) is 19.6 Å². The van der Waals surface area contributed by atoms with Crippen molar-refractivity contribution in [1.29, 1.82) is 5.41 Å². The highest BCUT2D eigenvalue weighted by Gasteiger charge is 2.36. The second kappa shape index (κ2) is 11.1. The van der Waals surface area contributed by atoms with Crippen LogP contribution in [0.4, 0.5) is 0 Å². The summed E-state index contributed by atoms with van der Waals surface area (Å²) >= 11 is 1.23. The Morgan fingerprint density at radius 2 is 1.84 bits per heavy atom. The van der Waals surface area contributed by atoms with Crippen molar-refractivity contribution in [2.75, 3.05) is 19.8 Å². The molecule has 3 heterocycles. The summed E-state index contributed by atoms with van der Waals surface area (Å²) in [5.41, 5.74) is 1.60. The number of carbonyl (C=O) groups is 1. The van der Waals surface area contributed by atoms with Crippen LogP contribution in [-0.2, 0) is 4.79 Å². The highest BCUT2D eigenvalue weighted by molar-refractivity contribution is 8.27. The summed E-state index contributed by atoms with van der Waals surface area (Å²) in [5, 5.41) is 15.4. The monoisotopic (exact) mass is 513 g/mol. The van der Waals surface area contributed by atoms with Gasteiger partial charge in [-0.3, -0.25) is 15.2 Å². The van der Waals surface area contributed by atoms with Gasteiger partial charge in [0.1, 0.15) is 24.0 Å². The number of fused-ring (bicyclic) bond motifs is 1. The maximum absolute atomic E-state index is 12.8. The number of hydrogen-bond acceptors (Lipinski definition) is 8. The minimum atomic E-state index is -0.497. The number of ether oxygens (including phenoxy) is 3. The summed E-state index contributed by atoms with van der Waals surface area (Å²) in [7, 11) is 0. The van der Waals surface area contributed by atoms with Crippen LogP contribution in [0.15, 0.2) is 88.7 Å². The lowest BCUT2D eigenvalue weighted by atomic mass is 10.1. The van der Waals surface area contributed by atoms with E-state index < -0.39 is 5.91 Å². The molecule has 186 valence electrons. The van der Waals surface area contributed by atoms with E-state index in [-0.39, 0.29) is 11.4 Å². The lowest BCUT2D eigenvalue weighted by Gasteiger charge is -2.20. The van der Waals surface area contributed by atoms with Crippen molar-refractivity contribution < 1.29 is 19.0 Å². The number of hydrazone groups is 1. The first-order valence-corrected chi connectivity index (χ1v) is 12.4. The van der Waals surface area contributed by atoms with Gasteiger partial charge < -0.3 is 14.2 Å². The average molecular weight is 514 g/mol. The number of amidine groups is 2. The van der Waals surface area contributed by atoms with Crippen LogP contribution in [0.3, 0.4) is 0 Å². The molecule has 5 rings (SSSR count). The molecule has 0 aliphatic carbocycles. The summed E-state index contributed by atoms with van der Waals surface area (Å²) in [5.74, 6) is 1.33. The second-order valence-electron chi connectivity index (χ2n) is 7.82. The van der Waals surface area contributed by atoms with E-state index in [1.807, 2.05) is 43.3 Å². The highest BCUT2D eigenvalue weighted by Crippen LogP contribution is 2.33. The predicted octanol–water partition coefficient (Wildman–Crippen LogP) is 4.61. The summed E-state index contributed by atoms with van der Waals surface area (Å²) in [6, 6.07) is 18.5. The topological polar surface area (TPSA) is 109 Å². The Kier molecular flexibility index (Phi) is 7.27. The summed E-state index contributed by atoms with van der Waals surface area (Å²) < 4.78 is 17.3. The van der Waals surface area contributed by atoms with E-state index in [0.717, 1.165) is 11.3 Å². The number of amides is 1. The van der Waals surface area contributed by atoms with Gasteiger partial charge in [-0.2, -0.15) is 15.1 Å². The van der Waals surface area contributed by atoms with Crippen molar-refractivity contribution in [3.05, 3.63) is 89.8 Å². The number of rotatable bonds is 9. The fraction of sp³-hybridized carbons (Fsp3) is 0.148. The van der Waals surface area contributed by atoms with Crippen LogP contribution in [-0.4, -0.2) is 51.8 Å². The van der Waals surface area contributed by atoms with Crippen LogP contribution in [0.2, 0.25) is 0 Å². The molecule has 10 heteroatoms. The molecule has 2 aliphatic rings. The molecule has 1 aromatic heterocycles. The van der Waals surface area contributed by atoms with Crippen molar-refractivity contribution in [3.63, 3.8) is 0 Å². The number of carbonyl (C=O) groups excluding carboxylic acids is 1. The summed E-state index contributed by atoms with van der Waals surface area (Å²) in [6.45, 7) is 3.03. The van der Waals surface area contributed by atoms with Crippen molar-refractivity contribution in [2.24, 2.45) is 10.1 Å². The molecule has 0 saturated carbocycles. The highest BCUT2D eigenvalue weighted by atomic mass is 32.2. The standard InChI is InChI=1S/C27H23N5O4S/c1-2-34-23-16-18(10-11-22(23)36-14-13-35-20-8-4-3-5-9-20)15-21-24(28)32-27(30-25(21)33)37-26(31-32)19-7-6-12-29-17-19/h3-12,15-17,28H,2,13-14H2,1H3. The molecule has 0 spiro atoms. The lowest BCUT2D eigenvalue weighted by Crippen LogP contribution is -2.35. The molecule has 37 heavy (non-hydrogen) atoms. The Balaban J connectivity index is 1.31. The third kappa shape index (κ3) is 5.54. The first kappa shape index (κ1) is 24.3. The van der Waals surface area contributed by atoms with Gasteiger partial charge in [0.2, 0.25) is 5.17 Å². The molecule has 1 N–H and O–H groups in total. The molecular weight excluding hydrogens is 490 g/mol. The Morgan fingerprint density at radius 1 is 1.00 bits per heavy atom. The van der Waals surface area contributed by atoms with Gasteiger partial charge in [0.25, 0.3) is 5.91 Å². The first-order chi connectivity index (χ1) is 18.1. The van der Waals surface area contributed by atoms with Gasteiger partial charge in [0.15, 0.2) is 17.3 Å². The molecular formula is C27H23N5O4S. The largest absolute Gasteiger partial charge is 0.490 e. The van der Waals surface area contributed by atoms with E-state index in [9.17, 15) is 4.79 Å². The van der Waals surface area contributed by atoms with Crippen molar-refractivity contribution in [3.8, 4) is 17.2 Å². The molecule has 1 amide bonds. The number of aliphatic imine (C=N–C) groups is 1. The summed E-state index contributed by atoms with van der Waals surface area (Å²) in [4.78, 5) is 21.1. The smallest absolute Gasteiger partial charge is 0.283 e. The van der Waals surface area contributed by atoms with Crippen LogP contribution in [0.1, 0.15) is 18.1 Å². The van der Waals surface area contributed by atoms with Crippen LogP contribution >= 0.6 is 11.8 Å². The molecule has 3 aromatic rings. The van der Waals surface area contributed by atoms with E-state index in [0.29, 0.717) is 47.1 Å². The minimum Gasteiger partial charge on any atom is -0.490 e. The van der Waals surface area contributed by atoms with Crippen molar-refractivity contribution >= 4 is 39.8 Å². The third-order valence-corrected chi connectivity index (χ3v) is 6.25. The lowest BCUT2D eigenvalue weighted by molar-refractivity contribution is -0.114. The normalized spacial score (nSPS) is 15.8. The Labute approximate surface area is 218 Å². The first-order valence-electron chi connectivity index (χ1n) is 11.6. The van der Waals surface area contributed by atoms with Gasteiger partial charge >= 0.3 is 0 Å². The van der Waals surface area contributed by atoms with Crippen LogP contribution < -0.4 is 14.2 Å². The van der Waals surface area contributed by atoms with Gasteiger partial charge in [-0.15, -0.1) is 0 Å². The number of benzene rings is 2. The third-order valence-electron chi connectivity index (χ3n) is 5.29. The Hall–Kier alpha value is -4.44. The zero-order chi connectivity index (χ0) is 25.6. The molecule has 0 saturated heterocycles. The van der Waals surface area contributed by atoms with Gasteiger partial charge in [0.05, 0.1) is 12.2 Å². The number of para-hydroxylation sites is 1. The molecule has 0 bridgehead atoms. The number of nitrogens with zero attached hydrogens (tertiary/aromatic N) is 4. The van der Waals surface area contributed by atoms with E-state index in [2.05, 4.69) is 15.1 Å². The van der Waals surface area contributed by atoms with Crippen LogP contribution in [0, 0.1) is 5.41 Å². The number of aromatic nitrogens is 1. The molecule has 0 atom stereocenters. The zero-order valence-corrected chi connectivity index (χ0v) is 20.8. The molecule has 0 fully saturated rings. The van der Waals surface area contributed by atoms with E-state index in [1.54, 1.807) is 42.7 Å². The van der Waals surface area contributed by atoms with Gasteiger partial charge in [-0.25, -0.2) is 0 Å². The maximum Gasteiger partial charge on any atom is 0.283 e. The summed E-state index contributed by atoms with van der Waals surface area (Å²) in [6.07, 6.45) is 4.96. The van der Waals surface area contributed by atoms with Crippen molar-refractivity contribution in [1.82, 2.24) is 9.99 Å². The second-order valence-corrected chi connectivity index (χ2v) is 8.77. The van der Waals surface area contributed by atoms with Crippen LogP contribution in [0.25, 0.3) is 6.08 Å². The molecule has 9 nitrogen and oxygen atoms in total. The SMILES string of the molecule is CCOc1cc(C=C2C(=N)N3N=C(c4cccnc4)SC3=NC2=O)ccc1OCCOc1ccccc1. The van der Waals surface area contributed by atoms with Gasteiger partial charge in [-0.05, 0) is 66.7 Å². The van der Waals surface area contributed by atoms with Gasteiger partial charge in [0, 0.05) is 18.0 Å². The number of nitrogens with one attached hydrogen (secondary N) is 1. The Bertz CT molecular complexity index is 1410. The fourth-order valence-corrected chi connectivity index (χ4v) is 4.48. The predicted molar refractivity (Wildman–Crippen MR) is 143 cm³/mol.